The molecule has 3 rings (SSSR count). The average molecular weight is 246 g/mol. The third-order valence-corrected chi connectivity index (χ3v) is 2.58. The zero-order valence-corrected chi connectivity index (χ0v) is 9.48. The topological polar surface area (TPSA) is 64.9 Å². The largest absolute Gasteiger partial charge is 0.418 e. The molecule has 1 aromatic carbocycles. The van der Waals surface area contributed by atoms with Crippen molar-refractivity contribution in [1.82, 2.24) is 9.97 Å². The molecule has 3 aromatic rings. The van der Waals surface area contributed by atoms with Gasteiger partial charge in [0.05, 0.1) is 11.9 Å². The van der Waals surface area contributed by atoms with Gasteiger partial charge in [-0.15, -0.1) is 0 Å². The number of hydrogen-bond acceptors (Lipinski definition) is 4. The van der Waals surface area contributed by atoms with Gasteiger partial charge in [-0.1, -0.05) is 17.7 Å². The second kappa shape index (κ2) is 3.75. The summed E-state index contributed by atoms with van der Waals surface area (Å²) in [6.45, 7) is 0. The molecule has 0 unspecified atom stereocenters. The number of pyridine rings is 1. The minimum Gasteiger partial charge on any atom is -0.418 e. The quantitative estimate of drug-likeness (QED) is 0.715. The minimum atomic E-state index is 0.467. The number of fused-ring (bicyclic) bond motifs is 1. The van der Waals surface area contributed by atoms with Crippen LogP contribution in [0.5, 0.6) is 0 Å². The monoisotopic (exact) mass is 245 g/mol. The van der Waals surface area contributed by atoms with Crippen molar-refractivity contribution in [3.8, 4) is 11.5 Å². The number of oxazole rings is 1. The molecule has 0 aliphatic carbocycles. The normalized spacial score (nSPS) is 10.9. The minimum absolute atomic E-state index is 0.467. The van der Waals surface area contributed by atoms with E-state index in [4.69, 9.17) is 21.8 Å². The van der Waals surface area contributed by atoms with Crippen LogP contribution in [0.2, 0.25) is 5.02 Å². The van der Waals surface area contributed by atoms with Crippen LogP contribution in [0, 0.1) is 0 Å². The number of nitrogens with zero attached hydrogens (tertiary/aromatic N) is 2. The van der Waals surface area contributed by atoms with E-state index in [1.807, 2.05) is 12.1 Å². The van der Waals surface area contributed by atoms with Crippen molar-refractivity contribution in [2.24, 2.45) is 0 Å². The van der Waals surface area contributed by atoms with Crippen molar-refractivity contribution >= 4 is 28.5 Å². The van der Waals surface area contributed by atoms with E-state index in [2.05, 4.69) is 9.97 Å². The van der Waals surface area contributed by atoms with Gasteiger partial charge in [0.15, 0.2) is 0 Å². The van der Waals surface area contributed by atoms with Crippen LogP contribution in [0.4, 0.5) is 5.69 Å². The lowest BCUT2D eigenvalue weighted by Crippen LogP contribution is -1.85. The van der Waals surface area contributed by atoms with Crippen molar-refractivity contribution in [2.75, 3.05) is 5.73 Å². The van der Waals surface area contributed by atoms with E-state index >= 15 is 0 Å². The van der Waals surface area contributed by atoms with Gasteiger partial charge in [0.2, 0.25) is 11.6 Å². The Morgan fingerprint density at radius 3 is 2.94 bits per heavy atom. The molecule has 2 aromatic heterocycles. The Morgan fingerprint density at radius 2 is 2.12 bits per heavy atom. The maximum atomic E-state index is 5.91. The first-order chi connectivity index (χ1) is 8.22. The highest BCUT2D eigenvalue weighted by molar-refractivity contribution is 6.30. The van der Waals surface area contributed by atoms with Crippen LogP contribution in [0.25, 0.3) is 22.7 Å². The lowest BCUT2D eigenvalue weighted by atomic mass is 10.2. The summed E-state index contributed by atoms with van der Waals surface area (Å²) in [7, 11) is 0. The average Bonchev–Trinajstić information content (AvgIpc) is 2.72. The standard InChI is InChI=1S/C12H8ClN3O/c13-8-3-1-2-7(4-8)11-16-10-5-9(14)6-15-12(10)17-11/h1-6H,14H2. The molecule has 0 fully saturated rings. The van der Waals surface area contributed by atoms with Crippen molar-refractivity contribution < 1.29 is 4.42 Å². The molecule has 0 radical (unpaired) electrons. The van der Waals surface area contributed by atoms with Gasteiger partial charge in [-0.2, -0.15) is 0 Å². The first-order valence-corrected chi connectivity index (χ1v) is 5.38. The number of nitrogens with two attached hydrogens (primary N) is 1. The number of nitrogen functional groups attached to an aromatic ring is 1. The summed E-state index contributed by atoms with van der Waals surface area (Å²) >= 11 is 5.91. The summed E-state index contributed by atoms with van der Waals surface area (Å²) in [6, 6.07) is 9.02. The lowest BCUT2D eigenvalue weighted by molar-refractivity contribution is 0.608. The summed E-state index contributed by atoms with van der Waals surface area (Å²) in [4.78, 5) is 8.38. The van der Waals surface area contributed by atoms with Crippen molar-refractivity contribution in [3.63, 3.8) is 0 Å². The molecule has 4 nitrogen and oxygen atoms in total. The van der Waals surface area contributed by atoms with Gasteiger partial charge < -0.3 is 10.2 Å². The molecule has 0 amide bonds. The van der Waals surface area contributed by atoms with Crippen LogP contribution in [0.1, 0.15) is 0 Å². The van der Waals surface area contributed by atoms with E-state index in [1.54, 1.807) is 18.2 Å². The molecule has 0 aliphatic heterocycles. The maximum Gasteiger partial charge on any atom is 0.247 e. The van der Waals surface area contributed by atoms with Crippen LogP contribution in [-0.4, -0.2) is 9.97 Å². The molecule has 5 heteroatoms. The summed E-state index contributed by atoms with van der Waals surface area (Å²) in [5.41, 5.74) is 8.11. The number of benzene rings is 1. The van der Waals surface area contributed by atoms with E-state index in [0.717, 1.165) is 5.56 Å². The molecule has 0 spiro atoms. The Bertz CT molecular complexity index is 693. The van der Waals surface area contributed by atoms with Crippen LogP contribution in [0.3, 0.4) is 0 Å². The lowest BCUT2D eigenvalue weighted by Gasteiger charge is -1.94. The van der Waals surface area contributed by atoms with Crippen molar-refractivity contribution in [3.05, 3.63) is 41.6 Å². The smallest absolute Gasteiger partial charge is 0.247 e. The Kier molecular flexibility index (Phi) is 2.23. The zero-order chi connectivity index (χ0) is 11.8. The number of anilines is 1. The van der Waals surface area contributed by atoms with Gasteiger partial charge in [0.1, 0.15) is 5.52 Å². The van der Waals surface area contributed by atoms with Gasteiger partial charge in [0, 0.05) is 10.6 Å². The van der Waals surface area contributed by atoms with Crippen LogP contribution in [0.15, 0.2) is 40.9 Å². The fraction of sp³-hybridized carbons (Fsp3) is 0. The van der Waals surface area contributed by atoms with Crippen LogP contribution in [-0.2, 0) is 0 Å². The van der Waals surface area contributed by atoms with Gasteiger partial charge in [0.25, 0.3) is 0 Å². The second-order valence-corrected chi connectivity index (χ2v) is 4.06. The summed E-state index contributed by atoms with van der Waals surface area (Å²) in [5, 5.41) is 0.636. The molecule has 0 saturated heterocycles. The van der Waals surface area contributed by atoms with Crippen LogP contribution < -0.4 is 5.73 Å². The van der Waals surface area contributed by atoms with Crippen molar-refractivity contribution in [2.45, 2.75) is 0 Å². The summed E-state index contributed by atoms with van der Waals surface area (Å²) < 4.78 is 5.53. The summed E-state index contributed by atoms with van der Waals surface area (Å²) in [5.74, 6) is 0.487. The molecule has 0 atom stereocenters. The first kappa shape index (κ1) is 10.1. The molecular weight excluding hydrogens is 238 g/mol. The summed E-state index contributed by atoms with van der Waals surface area (Å²) in [6.07, 6.45) is 1.54. The van der Waals surface area contributed by atoms with Crippen LogP contribution >= 0.6 is 11.6 Å². The number of hydrogen-bond donors (Lipinski definition) is 1. The van der Waals surface area contributed by atoms with E-state index in [9.17, 15) is 0 Å². The fourth-order valence-corrected chi connectivity index (χ4v) is 1.77. The first-order valence-electron chi connectivity index (χ1n) is 5.00. The predicted octanol–water partition coefficient (Wildman–Crippen LogP) is 3.13. The fourth-order valence-electron chi connectivity index (χ4n) is 1.58. The highest BCUT2D eigenvalue weighted by Gasteiger charge is 2.09. The molecule has 2 heterocycles. The van der Waals surface area contributed by atoms with Gasteiger partial charge >= 0.3 is 0 Å². The zero-order valence-electron chi connectivity index (χ0n) is 8.72. The Balaban J connectivity index is 2.18. The van der Waals surface area contributed by atoms with Gasteiger partial charge in [-0.3, -0.25) is 0 Å². The molecule has 84 valence electrons. The molecule has 0 bridgehead atoms. The highest BCUT2D eigenvalue weighted by atomic mass is 35.5. The van der Waals surface area contributed by atoms with Gasteiger partial charge in [-0.25, -0.2) is 9.97 Å². The molecule has 2 N–H and O–H groups in total. The Labute approximate surface area is 102 Å². The third-order valence-electron chi connectivity index (χ3n) is 2.34. The van der Waals surface area contributed by atoms with Gasteiger partial charge in [-0.05, 0) is 24.3 Å². The highest BCUT2D eigenvalue weighted by Crippen LogP contribution is 2.25. The van der Waals surface area contributed by atoms with E-state index in [0.29, 0.717) is 27.8 Å². The predicted molar refractivity (Wildman–Crippen MR) is 66.7 cm³/mol. The van der Waals surface area contributed by atoms with E-state index < -0.39 is 0 Å². The Morgan fingerprint density at radius 1 is 1.24 bits per heavy atom. The van der Waals surface area contributed by atoms with E-state index in [-0.39, 0.29) is 0 Å². The van der Waals surface area contributed by atoms with Crippen molar-refractivity contribution in [1.29, 1.82) is 0 Å². The molecule has 0 saturated carbocycles. The second-order valence-electron chi connectivity index (χ2n) is 3.62. The Hall–Kier alpha value is -2.07. The number of aromatic nitrogens is 2. The maximum absolute atomic E-state index is 5.91. The number of halogens is 1. The third kappa shape index (κ3) is 1.83. The molecule has 17 heavy (non-hydrogen) atoms. The number of rotatable bonds is 1. The van der Waals surface area contributed by atoms with E-state index in [1.165, 1.54) is 6.20 Å². The molecular formula is C12H8ClN3O. The SMILES string of the molecule is Nc1cnc2oc(-c3cccc(Cl)c3)nc2c1. The molecule has 0 aliphatic rings.